The molecule has 1 amide bonds. The molecule has 33 heavy (non-hydrogen) atoms. The van der Waals surface area contributed by atoms with Crippen molar-refractivity contribution in [1.82, 2.24) is 14.8 Å². The first-order valence-electron chi connectivity index (χ1n) is 9.47. The Morgan fingerprint density at radius 3 is 2.76 bits per heavy atom. The summed E-state index contributed by atoms with van der Waals surface area (Å²) in [5, 5.41) is 6.23. The molecule has 0 bridgehead atoms. The van der Waals surface area contributed by atoms with E-state index in [1.165, 1.54) is 24.3 Å². The molecule has 0 aliphatic carbocycles. The van der Waals surface area contributed by atoms with Crippen molar-refractivity contribution >= 4 is 39.3 Å². The minimum Gasteiger partial charge on any atom is -0.388 e. The van der Waals surface area contributed by atoms with Crippen molar-refractivity contribution < 1.29 is 31.3 Å². The average molecular weight is 518 g/mol. The lowest BCUT2D eigenvalue weighted by molar-refractivity contribution is 0.194. The molecule has 13 heteroatoms. The van der Waals surface area contributed by atoms with Gasteiger partial charge in [0.2, 0.25) is 10.0 Å². The summed E-state index contributed by atoms with van der Waals surface area (Å²) in [7, 11) is -4.02. The van der Waals surface area contributed by atoms with Crippen LogP contribution in [0, 0.1) is 11.6 Å². The summed E-state index contributed by atoms with van der Waals surface area (Å²) in [6.07, 6.45) is -0.793. The predicted octanol–water partition coefficient (Wildman–Crippen LogP) is 4.30. The van der Waals surface area contributed by atoms with E-state index < -0.39 is 27.8 Å². The Morgan fingerprint density at radius 1 is 1.21 bits per heavy atom. The number of fused-ring (bicyclic) bond motifs is 1. The van der Waals surface area contributed by atoms with Gasteiger partial charge in [-0.1, -0.05) is 29.3 Å². The van der Waals surface area contributed by atoms with E-state index in [-0.39, 0.29) is 58.0 Å². The largest absolute Gasteiger partial charge is 0.414 e. The molecular formula is C20H15Cl2F2N3O5S. The number of hydrogen-bond acceptors (Lipinski definition) is 6. The molecule has 0 fully saturated rings. The predicted molar refractivity (Wildman–Crippen MR) is 113 cm³/mol. The summed E-state index contributed by atoms with van der Waals surface area (Å²) in [5.74, 6) is -1.42. The van der Waals surface area contributed by atoms with E-state index in [1.807, 2.05) is 0 Å². The maximum absolute atomic E-state index is 13.7. The van der Waals surface area contributed by atoms with Gasteiger partial charge in [0.1, 0.15) is 22.3 Å². The topological polar surface area (TPSA) is 102 Å². The van der Waals surface area contributed by atoms with Gasteiger partial charge in [0, 0.05) is 42.7 Å². The van der Waals surface area contributed by atoms with Crippen molar-refractivity contribution in [2.24, 2.45) is 0 Å². The van der Waals surface area contributed by atoms with Crippen LogP contribution in [-0.4, -0.2) is 30.5 Å². The smallest absolute Gasteiger partial charge is 0.388 e. The highest BCUT2D eigenvalue weighted by Gasteiger charge is 2.34. The molecule has 1 N–H and O–H groups in total. The lowest BCUT2D eigenvalue weighted by Crippen LogP contribution is -2.36. The number of ether oxygens (including phenoxy) is 1. The molecule has 2 aromatic carbocycles. The summed E-state index contributed by atoms with van der Waals surface area (Å²) in [6.45, 7) is -0.360. The van der Waals surface area contributed by atoms with Crippen LogP contribution in [0.4, 0.5) is 13.6 Å². The number of halogens is 4. The summed E-state index contributed by atoms with van der Waals surface area (Å²) in [6, 6.07) is 7.04. The highest BCUT2D eigenvalue weighted by molar-refractivity contribution is 7.89. The third-order valence-corrected chi connectivity index (χ3v) is 7.46. The lowest BCUT2D eigenvalue weighted by atomic mass is 10.1. The van der Waals surface area contributed by atoms with Gasteiger partial charge in [0.15, 0.2) is 0 Å². The Kier molecular flexibility index (Phi) is 6.57. The van der Waals surface area contributed by atoms with Gasteiger partial charge in [-0.2, -0.15) is 4.31 Å². The fourth-order valence-corrected chi connectivity index (χ4v) is 5.36. The van der Waals surface area contributed by atoms with E-state index in [9.17, 15) is 22.0 Å². The van der Waals surface area contributed by atoms with Crippen molar-refractivity contribution in [1.29, 1.82) is 0 Å². The third kappa shape index (κ3) is 4.96. The zero-order valence-electron chi connectivity index (χ0n) is 16.6. The number of carbonyl (C=O) groups excluding carboxylic acids is 1. The Morgan fingerprint density at radius 2 is 2.00 bits per heavy atom. The second-order valence-corrected chi connectivity index (χ2v) is 9.78. The number of hydrogen-bond donors (Lipinski definition) is 1. The Hall–Kier alpha value is -2.73. The molecule has 8 nitrogen and oxygen atoms in total. The first kappa shape index (κ1) is 23.4. The van der Waals surface area contributed by atoms with Crippen LogP contribution in [0.15, 0.2) is 45.8 Å². The molecule has 0 saturated heterocycles. The Bertz CT molecular complexity index is 1330. The molecule has 2 heterocycles. The number of sulfonamides is 1. The van der Waals surface area contributed by atoms with E-state index in [0.717, 1.165) is 10.4 Å². The molecule has 0 atom stereocenters. The highest BCUT2D eigenvalue weighted by Crippen LogP contribution is 2.33. The van der Waals surface area contributed by atoms with Gasteiger partial charge in [-0.15, -0.1) is 0 Å². The summed E-state index contributed by atoms with van der Waals surface area (Å²) >= 11 is 12.0. The maximum Gasteiger partial charge on any atom is 0.414 e. The van der Waals surface area contributed by atoms with Gasteiger partial charge in [-0.25, -0.2) is 22.0 Å². The van der Waals surface area contributed by atoms with Gasteiger partial charge in [0.25, 0.3) is 5.88 Å². The number of aromatic nitrogens is 1. The first-order valence-corrected chi connectivity index (χ1v) is 11.7. The van der Waals surface area contributed by atoms with Crippen LogP contribution < -0.4 is 10.1 Å². The summed E-state index contributed by atoms with van der Waals surface area (Å²) in [4.78, 5) is 12.0. The zero-order chi connectivity index (χ0) is 23.8. The van der Waals surface area contributed by atoms with Crippen molar-refractivity contribution in [2.75, 3.05) is 6.54 Å². The average Bonchev–Trinajstić information content (AvgIpc) is 3.16. The van der Waals surface area contributed by atoms with E-state index in [2.05, 4.69) is 10.5 Å². The minimum absolute atomic E-state index is 0.0133. The maximum atomic E-state index is 13.7. The van der Waals surface area contributed by atoms with Crippen LogP contribution in [0.25, 0.3) is 0 Å². The number of benzene rings is 2. The minimum atomic E-state index is -4.02. The van der Waals surface area contributed by atoms with Gasteiger partial charge in [-0.05, 0) is 29.4 Å². The van der Waals surface area contributed by atoms with Crippen LogP contribution in [0.5, 0.6) is 5.88 Å². The molecule has 174 valence electrons. The molecule has 0 saturated carbocycles. The van der Waals surface area contributed by atoms with Crippen LogP contribution in [0.2, 0.25) is 10.0 Å². The monoisotopic (exact) mass is 517 g/mol. The van der Waals surface area contributed by atoms with E-state index in [1.54, 1.807) is 0 Å². The third-order valence-electron chi connectivity index (χ3n) is 4.89. The molecular weight excluding hydrogens is 503 g/mol. The number of nitrogens with zero attached hydrogens (tertiary/aromatic N) is 2. The van der Waals surface area contributed by atoms with Gasteiger partial charge in [0.05, 0.1) is 10.6 Å². The van der Waals surface area contributed by atoms with Crippen molar-refractivity contribution in [3.63, 3.8) is 0 Å². The normalized spacial score (nSPS) is 14.1. The van der Waals surface area contributed by atoms with Crippen molar-refractivity contribution in [3.8, 4) is 5.88 Å². The van der Waals surface area contributed by atoms with Gasteiger partial charge in [-0.3, -0.25) is 0 Å². The number of nitrogens with one attached hydrogen (secondary N) is 1. The standard InChI is InChI=1S/C20H15Cl2F2N3O5S/c21-12-2-4-15(22)18(7-12)33(29,30)27-6-5-17-14(10-27)19(26-32-17)31-20(28)25-9-11-1-3-13(23)8-16(11)24/h1-4,7-8H,5-6,9-10H2,(H,25,28). The number of amides is 1. The number of rotatable bonds is 5. The Labute approximate surface area is 197 Å². The van der Waals surface area contributed by atoms with E-state index >= 15 is 0 Å². The fraction of sp³-hybridized carbons (Fsp3) is 0.200. The van der Waals surface area contributed by atoms with Crippen LogP contribution >= 0.6 is 23.2 Å². The fourth-order valence-electron chi connectivity index (χ4n) is 3.22. The SMILES string of the molecule is O=C(NCc1ccc(F)cc1F)Oc1noc2c1CN(S(=O)(=O)c1cc(Cl)ccc1Cl)CC2. The van der Waals surface area contributed by atoms with Crippen LogP contribution in [0.3, 0.4) is 0 Å². The molecule has 0 spiro atoms. The van der Waals surface area contributed by atoms with Crippen LogP contribution in [0.1, 0.15) is 16.9 Å². The molecule has 0 unspecified atom stereocenters. The first-order chi connectivity index (χ1) is 15.6. The van der Waals surface area contributed by atoms with Crippen molar-refractivity contribution in [2.45, 2.75) is 24.4 Å². The zero-order valence-corrected chi connectivity index (χ0v) is 19.0. The molecule has 1 aliphatic heterocycles. The summed E-state index contributed by atoms with van der Waals surface area (Å²) in [5.41, 5.74) is 0.317. The molecule has 1 aliphatic rings. The Balaban J connectivity index is 1.47. The van der Waals surface area contributed by atoms with Crippen LogP contribution in [-0.2, 0) is 29.5 Å². The van der Waals surface area contributed by atoms with E-state index in [4.69, 9.17) is 32.5 Å². The summed E-state index contributed by atoms with van der Waals surface area (Å²) < 4.78 is 64.3. The van der Waals surface area contributed by atoms with Gasteiger partial charge < -0.3 is 14.6 Å². The molecule has 4 rings (SSSR count). The molecule has 1 aromatic heterocycles. The van der Waals surface area contributed by atoms with Crippen molar-refractivity contribution in [3.05, 3.63) is 75.0 Å². The number of carbonyl (C=O) groups is 1. The second-order valence-electron chi connectivity index (χ2n) is 7.03. The lowest BCUT2D eigenvalue weighted by Gasteiger charge is -2.25. The van der Waals surface area contributed by atoms with E-state index in [0.29, 0.717) is 11.8 Å². The molecule has 3 aromatic rings. The highest BCUT2D eigenvalue weighted by atomic mass is 35.5. The van der Waals surface area contributed by atoms with Gasteiger partial charge >= 0.3 is 6.09 Å². The molecule has 0 radical (unpaired) electrons. The second kappa shape index (κ2) is 9.26. The quantitative estimate of drug-likeness (QED) is 0.541.